The van der Waals surface area contributed by atoms with Crippen molar-refractivity contribution in [3.8, 4) is 0 Å². The van der Waals surface area contributed by atoms with Gasteiger partial charge in [-0.1, -0.05) is 13.8 Å². The average Bonchev–Trinajstić information content (AvgIpc) is 2.63. The van der Waals surface area contributed by atoms with Crippen molar-refractivity contribution in [3.63, 3.8) is 0 Å². The molecule has 1 heterocycles. The van der Waals surface area contributed by atoms with Crippen LogP contribution < -0.4 is 5.32 Å². The van der Waals surface area contributed by atoms with Gasteiger partial charge in [0.25, 0.3) is 0 Å². The Balaban J connectivity index is 2.45. The molecule has 2 nitrogen and oxygen atoms in total. The minimum atomic E-state index is 0.218. The number of nitrogens with zero attached hydrogens (tertiary/aromatic N) is 1. The Bertz CT molecular complexity index is 279. The molecule has 1 aromatic heterocycles. The van der Waals surface area contributed by atoms with E-state index >= 15 is 0 Å². The Kier molecular flexibility index (Phi) is 4.08. The van der Waals surface area contributed by atoms with Gasteiger partial charge in [-0.25, -0.2) is 4.98 Å². The molecule has 0 aliphatic carbocycles. The van der Waals surface area contributed by atoms with Crippen LogP contribution in [0.15, 0.2) is 5.38 Å². The predicted molar refractivity (Wildman–Crippen MR) is 62.7 cm³/mol. The molecule has 1 aromatic rings. The lowest BCUT2D eigenvalue weighted by molar-refractivity contribution is 0.372. The van der Waals surface area contributed by atoms with E-state index in [4.69, 9.17) is 0 Å². The van der Waals surface area contributed by atoms with Crippen LogP contribution >= 0.6 is 11.3 Å². The summed E-state index contributed by atoms with van der Waals surface area (Å²) in [5.74, 6) is 0. The van der Waals surface area contributed by atoms with Crippen LogP contribution in [0.2, 0.25) is 0 Å². The first-order valence-corrected chi connectivity index (χ1v) is 6.13. The van der Waals surface area contributed by atoms with E-state index in [1.807, 2.05) is 0 Å². The highest BCUT2D eigenvalue weighted by Gasteiger charge is 2.13. The molecule has 0 amide bonds. The normalized spacial score (nSPS) is 12.0. The van der Waals surface area contributed by atoms with Gasteiger partial charge in [0, 0.05) is 17.5 Å². The minimum absolute atomic E-state index is 0.218. The molecule has 3 heteroatoms. The van der Waals surface area contributed by atoms with Crippen LogP contribution in [0.5, 0.6) is 0 Å². The first-order chi connectivity index (χ1) is 6.57. The van der Waals surface area contributed by atoms with E-state index in [0.717, 1.165) is 19.4 Å². The number of thiazole rings is 1. The van der Waals surface area contributed by atoms with Gasteiger partial charge in [-0.2, -0.15) is 0 Å². The first-order valence-electron chi connectivity index (χ1n) is 5.25. The van der Waals surface area contributed by atoms with Gasteiger partial charge in [-0.05, 0) is 26.7 Å². The first kappa shape index (κ1) is 11.7. The maximum absolute atomic E-state index is 4.52. The highest BCUT2D eigenvalue weighted by molar-refractivity contribution is 7.09. The molecule has 1 N–H and O–H groups in total. The zero-order valence-corrected chi connectivity index (χ0v) is 10.4. The molecule has 0 atom stereocenters. The molecule has 80 valence electrons. The molecule has 1 rings (SSSR count). The van der Waals surface area contributed by atoms with Crippen molar-refractivity contribution in [1.82, 2.24) is 10.3 Å². The van der Waals surface area contributed by atoms with E-state index < -0.39 is 0 Å². The monoisotopic (exact) mass is 212 g/mol. The molecule has 14 heavy (non-hydrogen) atoms. The van der Waals surface area contributed by atoms with E-state index in [0.29, 0.717) is 0 Å². The summed E-state index contributed by atoms with van der Waals surface area (Å²) in [7, 11) is 0. The highest BCUT2D eigenvalue weighted by atomic mass is 32.1. The number of aromatic nitrogens is 1. The number of hydrogen-bond donors (Lipinski definition) is 1. The fraction of sp³-hybridized carbons (Fsp3) is 0.727. The summed E-state index contributed by atoms with van der Waals surface area (Å²) in [5.41, 5.74) is 1.39. The maximum atomic E-state index is 4.52. The second kappa shape index (κ2) is 4.89. The minimum Gasteiger partial charge on any atom is -0.306 e. The summed E-state index contributed by atoms with van der Waals surface area (Å²) < 4.78 is 0. The molecular formula is C11H20N2S. The lowest BCUT2D eigenvalue weighted by Gasteiger charge is -2.23. The van der Waals surface area contributed by atoms with E-state index in [1.165, 1.54) is 10.7 Å². The van der Waals surface area contributed by atoms with Crippen molar-refractivity contribution >= 4 is 11.3 Å². The smallest absolute Gasteiger partial charge is 0.0926 e. The fourth-order valence-corrected chi connectivity index (χ4v) is 1.79. The molecule has 0 saturated heterocycles. The summed E-state index contributed by atoms with van der Waals surface area (Å²) in [6.45, 7) is 9.68. The molecule has 0 bridgehead atoms. The lowest BCUT2D eigenvalue weighted by atomic mass is 10.0. The molecule has 0 unspecified atom stereocenters. The zero-order valence-electron chi connectivity index (χ0n) is 9.55. The highest BCUT2D eigenvalue weighted by Crippen LogP contribution is 2.12. The summed E-state index contributed by atoms with van der Waals surface area (Å²) in [5, 5.41) is 6.89. The molecule has 0 aliphatic rings. The summed E-state index contributed by atoms with van der Waals surface area (Å²) in [4.78, 5) is 4.52. The van der Waals surface area contributed by atoms with Gasteiger partial charge in [-0.15, -0.1) is 11.3 Å². The molecule has 0 aliphatic heterocycles. The molecule has 0 aromatic carbocycles. The molecule has 0 saturated carbocycles. The predicted octanol–water partition coefficient (Wildman–Crippen LogP) is 2.98. The summed E-state index contributed by atoms with van der Waals surface area (Å²) in [6, 6.07) is 0. The second-order valence-electron chi connectivity index (χ2n) is 4.18. The number of rotatable bonds is 5. The maximum Gasteiger partial charge on any atom is 0.0926 e. The van der Waals surface area contributed by atoms with Crippen LogP contribution in [0.3, 0.4) is 0 Å². The summed E-state index contributed by atoms with van der Waals surface area (Å²) >= 11 is 1.76. The van der Waals surface area contributed by atoms with Crippen molar-refractivity contribution in [2.24, 2.45) is 0 Å². The van der Waals surface area contributed by atoms with Crippen LogP contribution in [-0.4, -0.2) is 10.5 Å². The number of hydrogen-bond acceptors (Lipinski definition) is 3. The molecular weight excluding hydrogens is 192 g/mol. The standard InChI is InChI=1S/C11H20N2S/c1-5-10-13-9(8-14-10)7-12-11(3,4)6-2/h8,12H,5-7H2,1-4H3. The van der Waals surface area contributed by atoms with Crippen LogP contribution in [0, 0.1) is 0 Å². The van der Waals surface area contributed by atoms with Crippen molar-refractivity contribution in [2.75, 3.05) is 0 Å². The zero-order chi connectivity index (χ0) is 10.6. The van der Waals surface area contributed by atoms with Gasteiger partial charge in [-0.3, -0.25) is 0 Å². The lowest BCUT2D eigenvalue weighted by Crippen LogP contribution is -2.37. The van der Waals surface area contributed by atoms with Gasteiger partial charge in [0.15, 0.2) is 0 Å². The Labute approximate surface area is 90.8 Å². The van der Waals surface area contributed by atoms with Crippen molar-refractivity contribution in [3.05, 3.63) is 16.1 Å². The molecule has 0 radical (unpaired) electrons. The van der Waals surface area contributed by atoms with E-state index in [-0.39, 0.29) is 5.54 Å². The third kappa shape index (κ3) is 3.39. The number of aryl methyl sites for hydroxylation is 1. The van der Waals surface area contributed by atoms with Crippen LogP contribution in [-0.2, 0) is 13.0 Å². The Morgan fingerprint density at radius 3 is 2.64 bits per heavy atom. The largest absolute Gasteiger partial charge is 0.306 e. The average molecular weight is 212 g/mol. The molecule has 0 spiro atoms. The van der Waals surface area contributed by atoms with Crippen molar-refractivity contribution in [1.29, 1.82) is 0 Å². The van der Waals surface area contributed by atoms with Crippen LogP contribution in [0.4, 0.5) is 0 Å². The van der Waals surface area contributed by atoms with Gasteiger partial charge < -0.3 is 5.32 Å². The Morgan fingerprint density at radius 1 is 1.43 bits per heavy atom. The van der Waals surface area contributed by atoms with Gasteiger partial charge >= 0.3 is 0 Å². The van der Waals surface area contributed by atoms with Crippen LogP contribution in [0.25, 0.3) is 0 Å². The SMILES string of the molecule is CCc1nc(CNC(C)(C)CC)cs1. The number of nitrogens with one attached hydrogen (secondary N) is 1. The Hall–Kier alpha value is -0.410. The van der Waals surface area contributed by atoms with Crippen molar-refractivity contribution < 1.29 is 0 Å². The fourth-order valence-electron chi connectivity index (χ4n) is 1.05. The molecule has 0 fully saturated rings. The van der Waals surface area contributed by atoms with E-state index in [1.54, 1.807) is 11.3 Å². The Morgan fingerprint density at radius 2 is 2.14 bits per heavy atom. The topological polar surface area (TPSA) is 24.9 Å². The van der Waals surface area contributed by atoms with Crippen LogP contribution in [0.1, 0.15) is 44.8 Å². The third-order valence-electron chi connectivity index (χ3n) is 2.53. The van der Waals surface area contributed by atoms with Crippen molar-refractivity contribution in [2.45, 2.75) is 52.6 Å². The second-order valence-corrected chi connectivity index (χ2v) is 5.12. The van der Waals surface area contributed by atoms with E-state index in [9.17, 15) is 0 Å². The van der Waals surface area contributed by atoms with E-state index in [2.05, 4.69) is 43.4 Å². The van der Waals surface area contributed by atoms with Gasteiger partial charge in [0.1, 0.15) is 0 Å². The van der Waals surface area contributed by atoms with Gasteiger partial charge in [0.05, 0.1) is 10.7 Å². The summed E-state index contributed by atoms with van der Waals surface area (Å²) in [6.07, 6.45) is 2.18. The van der Waals surface area contributed by atoms with Gasteiger partial charge in [0.2, 0.25) is 0 Å². The quantitative estimate of drug-likeness (QED) is 0.811. The third-order valence-corrected chi connectivity index (χ3v) is 3.58.